The molecule has 29 heavy (non-hydrogen) atoms. The average molecular weight is 391 g/mol. The van der Waals surface area contributed by atoms with Crippen LogP contribution in [0.5, 0.6) is 0 Å². The number of aryl methyl sites for hydroxylation is 1. The zero-order chi connectivity index (χ0) is 20.2. The Bertz CT molecular complexity index is 986. The van der Waals surface area contributed by atoms with E-state index in [1.807, 2.05) is 43.6 Å². The minimum atomic E-state index is -0.221. The van der Waals surface area contributed by atoms with Crippen molar-refractivity contribution in [1.29, 1.82) is 0 Å². The van der Waals surface area contributed by atoms with Crippen molar-refractivity contribution in [1.82, 2.24) is 20.1 Å². The minimum absolute atomic E-state index is 0.00477. The number of benzene rings is 1. The highest BCUT2D eigenvalue weighted by molar-refractivity contribution is 5.99. The van der Waals surface area contributed by atoms with Crippen LogP contribution in [0.1, 0.15) is 35.2 Å². The summed E-state index contributed by atoms with van der Waals surface area (Å²) in [6.07, 6.45) is 8.11. The summed E-state index contributed by atoms with van der Waals surface area (Å²) in [4.78, 5) is 17.1. The molecular formula is C22H25N5O2. The first-order valence-corrected chi connectivity index (χ1v) is 9.81. The minimum Gasteiger partial charge on any atom is -0.383 e. The van der Waals surface area contributed by atoms with Gasteiger partial charge in [0.1, 0.15) is 5.82 Å². The number of aromatic nitrogens is 3. The summed E-state index contributed by atoms with van der Waals surface area (Å²) in [5.74, 6) is -0.00385. The van der Waals surface area contributed by atoms with Crippen LogP contribution in [0.15, 0.2) is 55.0 Å². The number of amides is 1. The van der Waals surface area contributed by atoms with Gasteiger partial charge < -0.3 is 15.8 Å². The van der Waals surface area contributed by atoms with Gasteiger partial charge in [0, 0.05) is 30.6 Å². The second-order valence-corrected chi connectivity index (χ2v) is 7.41. The van der Waals surface area contributed by atoms with Crippen molar-refractivity contribution in [3.8, 4) is 11.1 Å². The Labute approximate surface area is 169 Å². The van der Waals surface area contributed by atoms with Crippen LogP contribution >= 0.6 is 0 Å². The molecule has 3 aromatic rings. The van der Waals surface area contributed by atoms with E-state index in [-0.39, 0.29) is 23.9 Å². The zero-order valence-corrected chi connectivity index (χ0v) is 16.4. The third kappa shape index (κ3) is 4.46. The van der Waals surface area contributed by atoms with Gasteiger partial charge in [-0.25, -0.2) is 4.98 Å². The highest BCUT2D eigenvalue weighted by atomic mass is 16.5. The zero-order valence-electron chi connectivity index (χ0n) is 16.4. The predicted molar refractivity (Wildman–Crippen MR) is 111 cm³/mol. The largest absolute Gasteiger partial charge is 0.383 e. The molecule has 0 saturated heterocycles. The van der Waals surface area contributed by atoms with E-state index in [4.69, 9.17) is 10.5 Å². The van der Waals surface area contributed by atoms with Gasteiger partial charge >= 0.3 is 0 Å². The van der Waals surface area contributed by atoms with Crippen LogP contribution in [0, 0.1) is 0 Å². The molecule has 3 N–H and O–H groups in total. The van der Waals surface area contributed by atoms with Crippen molar-refractivity contribution in [2.75, 3.05) is 5.73 Å². The first-order valence-electron chi connectivity index (χ1n) is 9.81. The van der Waals surface area contributed by atoms with Crippen LogP contribution in [0.25, 0.3) is 11.1 Å². The molecule has 1 aliphatic carbocycles. The van der Waals surface area contributed by atoms with Gasteiger partial charge in [0.15, 0.2) is 0 Å². The van der Waals surface area contributed by atoms with E-state index >= 15 is 0 Å². The molecule has 2 heterocycles. The number of nitrogen functional groups attached to an aromatic ring is 1. The predicted octanol–water partition coefficient (Wildman–Crippen LogP) is 2.93. The molecule has 7 heteroatoms. The SMILES string of the molecule is Cn1cc(-c2cnc(N)c(C(=O)NC3CCC[C@@H]3OCc3ccccc3)c2)cn1. The van der Waals surface area contributed by atoms with Crippen molar-refractivity contribution in [3.05, 3.63) is 66.1 Å². The van der Waals surface area contributed by atoms with Crippen molar-refractivity contribution < 1.29 is 9.53 Å². The maximum atomic E-state index is 12.9. The number of pyridine rings is 1. The summed E-state index contributed by atoms with van der Waals surface area (Å²) in [5.41, 5.74) is 9.19. The summed E-state index contributed by atoms with van der Waals surface area (Å²) in [5, 5.41) is 7.27. The summed E-state index contributed by atoms with van der Waals surface area (Å²) in [7, 11) is 1.84. The number of carbonyl (C=O) groups excluding carboxylic acids is 1. The lowest BCUT2D eigenvalue weighted by Crippen LogP contribution is -2.41. The van der Waals surface area contributed by atoms with Crippen molar-refractivity contribution in [2.24, 2.45) is 7.05 Å². The Hall–Kier alpha value is -3.19. The van der Waals surface area contributed by atoms with E-state index in [2.05, 4.69) is 15.4 Å². The third-order valence-electron chi connectivity index (χ3n) is 5.28. The molecule has 0 bridgehead atoms. The lowest BCUT2D eigenvalue weighted by molar-refractivity contribution is 0.0272. The number of nitrogens with one attached hydrogen (secondary N) is 1. The van der Waals surface area contributed by atoms with E-state index < -0.39 is 0 Å². The fourth-order valence-corrected chi connectivity index (χ4v) is 3.70. The van der Waals surface area contributed by atoms with Gasteiger partial charge in [-0.15, -0.1) is 0 Å². The monoisotopic (exact) mass is 391 g/mol. The average Bonchev–Trinajstić information content (AvgIpc) is 3.36. The molecular weight excluding hydrogens is 366 g/mol. The van der Waals surface area contributed by atoms with Crippen LogP contribution in [0.3, 0.4) is 0 Å². The van der Waals surface area contributed by atoms with Gasteiger partial charge in [-0.1, -0.05) is 30.3 Å². The van der Waals surface area contributed by atoms with Gasteiger partial charge in [-0.2, -0.15) is 5.10 Å². The second kappa shape index (κ2) is 8.45. The van der Waals surface area contributed by atoms with Crippen LogP contribution in [-0.2, 0) is 18.4 Å². The molecule has 1 amide bonds. The molecule has 150 valence electrons. The van der Waals surface area contributed by atoms with E-state index in [1.54, 1.807) is 23.1 Å². The summed E-state index contributed by atoms with van der Waals surface area (Å²) >= 11 is 0. The molecule has 1 unspecified atom stereocenters. The maximum Gasteiger partial charge on any atom is 0.255 e. The summed E-state index contributed by atoms with van der Waals surface area (Å²) in [6, 6.07) is 11.8. The lowest BCUT2D eigenvalue weighted by atomic mass is 10.1. The molecule has 2 aromatic heterocycles. The van der Waals surface area contributed by atoms with Crippen molar-refractivity contribution in [3.63, 3.8) is 0 Å². The topological polar surface area (TPSA) is 95.1 Å². The van der Waals surface area contributed by atoms with Gasteiger partial charge in [0.05, 0.1) is 30.5 Å². The molecule has 1 aliphatic rings. The molecule has 0 radical (unpaired) electrons. The van der Waals surface area contributed by atoms with Gasteiger partial charge in [0.25, 0.3) is 5.91 Å². The van der Waals surface area contributed by atoms with Crippen LogP contribution in [0.4, 0.5) is 5.82 Å². The van der Waals surface area contributed by atoms with E-state index in [0.29, 0.717) is 12.2 Å². The fourth-order valence-electron chi connectivity index (χ4n) is 3.70. The van der Waals surface area contributed by atoms with Crippen LogP contribution < -0.4 is 11.1 Å². The normalized spacial score (nSPS) is 18.7. The number of ether oxygens (including phenoxy) is 1. The summed E-state index contributed by atoms with van der Waals surface area (Å²) < 4.78 is 7.80. The second-order valence-electron chi connectivity index (χ2n) is 7.41. The Morgan fingerprint density at radius 1 is 1.24 bits per heavy atom. The number of anilines is 1. The number of nitrogens with two attached hydrogens (primary N) is 1. The Morgan fingerprint density at radius 3 is 2.83 bits per heavy atom. The first kappa shape index (κ1) is 19.1. The van der Waals surface area contributed by atoms with E-state index in [1.165, 1.54) is 0 Å². The standard InChI is InChI=1S/C22H25N5O2/c1-27-13-17(12-25-27)16-10-18(21(23)24-11-16)22(28)26-19-8-5-9-20(19)29-14-15-6-3-2-4-7-15/h2-4,6-7,10-13,19-20H,5,8-9,14H2,1H3,(H2,23,24)(H,26,28)/t19?,20-/m0/s1. The fraction of sp³-hybridized carbons (Fsp3) is 0.318. The maximum absolute atomic E-state index is 12.9. The van der Waals surface area contributed by atoms with Crippen LogP contribution in [0.2, 0.25) is 0 Å². The number of nitrogens with zero attached hydrogens (tertiary/aromatic N) is 3. The van der Waals surface area contributed by atoms with Crippen molar-refractivity contribution >= 4 is 11.7 Å². The summed E-state index contributed by atoms with van der Waals surface area (Å²) in [6.45, 7) is 0.540. The Balaban J connectivity index is 1.44. The lowest BCUT2D eigenvalue weighted by Gasteiger charge is -2.22. The van der Waals surface area contributed by atoms with E-state index in [9.17, 15) is 4.79 Å². The highest BCUT2D eigenvalue weighted by Crippen LogP contribution is 2.25. The first-order chi connectivity index (χ1) is 14.1. The molecule has 1 saturated carbocycles. The molecule has 1 aromatic carbocycles. The third-order valence-corrected chi connectivity index (χ3v) is 5.28. The van der Waals surface area contributed by atoms with Gasteiger partial charge in [0.2, 0.25) is 0 Å². The quantitative estimate of drug-likeness (QED) is 0.674. The molecule has 0 spiro atoms. The molecule has 0 aliphatic heterocycles. The van der Waals surface area contributed by atoms with Gasteiger partial charge in [-0.3, -0.25) is 9.48 Å². The molecule has 1 fully saturated rings. The number of carbonyl (C=O) groups is 1. The molecule has 2 atom stereocenters. The highest BCUT2D eigenvalue weighted by Gasteiger charge is 2.30. The molecule has 7 nitrogen and oxygen atoms in total. The van der Waals surface area contributed by atoms with Crippen molar-refractivity contribution in [2.45, 2.75) is 38.0 Å². The molecule has 4 rings (SSSR count). The number of hydrogen-bond acceptors (Lipinski definition) is 5. The smallest absolute Gasteiger partial charge is 0.255 e. The number of rotatable bonds is 6. The van der Waals surface area contributed by atoms with Gasteiger partial charge in [-0.05, 0) is 30.9 Å². The van der Waals surface area contributed by atoms with E-state index in [0.717, 1.165) is 36.0 Å². The Kier molecular flexibility index (Phi) is 5.57. The van der Waals surface area contributed by atoms with Crippen LogP contribution in [-0.4, -0.2) is 32.8 Å². The Morgan fingerprint density at radius 2 is 2.07 bits per heavy atom. The number of hydrogen-bond donors (Lipinski definition) is 2.